The second-order valence-electron chi connectivity index (χ2n) is 4.76. The smallest absolute Gasteiger partial charge is 0.258 e. The van der Waals surface area contributed by atoms with Gasteiger partial charge in [-0.15, -0.1) is 0 Å². The van der Waals surface area contributed by atoms with Crippen LogP contribution in [0.15, 0.2) is 22.7 Å². The molecule has 4 N–H and O–H groups in total. The third-order valence-electron chi connectivity index (χ3n) is 3.19. The Hall–Kier alpha value is -2.08. The van der Waals surface area contributed by atoms with E-state index < -0.39 is 0 Å². The van der Waals surface area contributed by atoms with Crippen LogP contribution < -0.4 is 11.5 Å². The molecule has 0 saturated carbocycles. The van der Waals surface area contributed by atoms with Crippen LogP contribution in [-0.4, -0.2) is 23.4 Å². The van der Waals surface area contributed by atoms with Crippen LogP contribution in [0.1, 0.15) is 24.6 Å². The van der Waals surface area contributed by atoms with Gasteiger partial charge in [0.15, 0.2) is 5.82 Å². The summed E-state index contributed by atoms with van der Waals surface area (Å²) in [7, 11) is 0. The number of hydrogen-bond donors (Lipinski definition) is 2. The number of benzene rings is 1. The van der Waals surface area contributed by atoms with Crippen molar-refractivity contribution in [1.82, 2.24) is 10.1 Å². The summed E-state index contributed by atoms with van der Waals surface area (Å²) >= 11 is 0. The molecule has 1 saturated heterocycles. The Balaban J connectivity index is 1.87. The number of anilines is 2. The van der Waals surface area contributed by atoms with E-state index in [4.69, 9.17) is 20.7 Å². The molecule has 2 aromatic rings. The number of nitrogens with two attached hydrogens (primary N) is 2. The average Bonchev–Trinajstić information content (AvgIpc) is 2.88. The van der Waals surface area contributed by atoms with E-state index in [2.05, 4.69) is 10.1 Å². The van der Waals surface area contributed by atoms with E-state index in [9.17, 15) is 0 Å². The van der Waals surface area contributed by atoms with E-state index in [1.54, 1.807) is 18.2 Å². The van der Waals surface area contributed by atoms with Crippen molar-refractivity contribution in [2.45, 2.75) is 18.8 Å². The normalized spacial score (nSPS) is 19.5. The SMILES string of the molecule is Nc1cc(N)cc(-c2nc(C3CCCOC3)no2)c1. The average molecular weight is 260 g/mol. The molecule has 3 rings (SSSR count). The van der Waals surface area contributed by atoms with E-state index in [-0.39, 0.29) is 5.92 Å². The van der Waals surface area contributed by atoms with Crippen LogP contribution in [-0.2, 0) is 4.74 Å². The second kappa shape index (κ2) is 4.89. The van der Waals surface area contributed by atoms with Gasteiger partial charge in [-0.3, -0.25) is 0 Å². The molecule has 0 spiro atoms. The van der Waals surface area contributed by atoms with Gasteiger partial charge >= 0.3 is 0 Å². The van der Waals surface area contributed by atoms with E-state index in [1.165, 1.54) is 0 Å². The van der Waals surface area contributed by atoms with Crippen molar-refractivity contribution in [3.8, 4) is 11.5 Å². The summed E-state index contributed by atoms with van der Waals surface area (Å²) in [5.74, 6) is 1.35. The third kappa shape index (κ3) is 2.53. The molecule has 1 aromatic carbocycles. The molecule has 19 heavy (non-hydrogen) atoms. The first kappa shape index (κ1) is 12.0. The molecule has 6 heteroatoms. The van der Waals surface area contributed by atoms with Gasteiger partial charge in [0.25, 0.3) is 5.89 Å². The molecule has 0 radical (unpaired) electrons. The maximum absolute atomic E-state index is 5.76. The molecule has 1 aromatic heterocycles. The highest BCUT2D eigenvalue weighted by Crippen LogP contribution is 2.27. The number of nitrogen functional groups attached to an aromatic ring is 2. The maximum Gasteiger partial charge on any atom is 0.258 e. The highest BCUT2D eigenvalue weighted by atomic mass is 16.5. The Morgan fingerprint density at radius 2 is 1.95 bits per heavy atom. The van der Waals surface area contributed by atoms with Crippen molar-refractivity contribution in [2.75, 3.05) is 24.7 Å². The Morgan fingerprint density at radius 3 is 2.63 bits per heavy atom. The van der Waals surface area contributed by atoms with Gasteiger partial charge in [-0.2, -0.15) is 4.98 Å². The molecule has 0 aliphatic carbocycles. The Morgan fingerprint density at radius 1 is 1.16 bits per heavy atom. The molecule has 1 fully saturated rings. The van der Waals surface area contributed by atoms with Gasteiger partial charge in [-0.05, 0) is 31.0 Å². The fraction of sp³-hybridized carbons (Fsp3) is 0.385. The minimum absolute atomic E-state index is 0.213. The summed E-state index contributed by atoms with van der Waals surface area (Å²) in [6, 6.07) is 5.23. The van der Waals surface area contributed by atoms with Crippen molar-refractivity contribution in [1.29, 1.82) is 0 Å². The summed E-state index contributed by atoms with van der Waals surface area (Å²) in [4.78, 5) is 4.42. The molecule has 0 bridgehead atoms. The van der Waals surface area contributed by atoms with Crippen LogP contribution in [0.2, 0.25) is 0 Å². The van der Waals surface area contributed by atoms with E-state index in [1.807, 2.05) is 0 Å². The zero-order valence-corrected chi connectivity index (χ0v) is 10.5. The Bertz CT molecular complexity index is 556. The number of rotatable bonds is 2. The summed E-state index contributed by atoms with van der Waals surface area (Å²) in [6.45, 7) is 1.46. The lowest BCUT2D eigenvalue weighted by Crippen LogP contribution is -2.16. The van der Waals surface area contributed by atoms with Crippen molar-refractivity contribution in [3.63, 3.8) is 0 Å². The zero-order valence-electron chi connectivity index (χ0n) is 10.5. The molecule has 1 aliphatic rings. The highest BCUT2D eigenvalue weighted by molar-refractivity contribution is 5.67. The fourth-order valence-corrected chi connectivity index (χ4v) is 2.26. The standard InChI is InChI=1S/C13H16N4O2/c14-10-4-9(5-11(15)6-10)13-16-12(17-19-13)8-2-1-3-18-7-8/h4-6,8H,1-3,7,14-15H2. The molecule has 100 valence electrons. The monoisotopic (exact) mass is 260 g/mol. The maximum atomic E-state index is 5.76. The van der Waals surface area contributed by atoms with Crippen LogP contribution in [0, 0.1) is 0 Å². The molecule has 2 heterocycles. The van der Waals surface area contributed by atoms with E-state index in [0.29, 0.717) is 29.7 Å². The van der Waals surface area contributed by atoms with Crippen molar-refractivity contribution in [3.05, 3.63) is 24.0 Å². The largest absolute Gasteiger partial charge is 0.399 e. The van der Waals surface area contributed by atoms with Crippen LogP contribution >= 0.6 is 0 Å². The van der Waals surface area contributed by atoms with Crippen molar-refractivity contribution >= 4 is 11.4 Å². The van der Waals surface area contributed by atoms with Gasteiger partial charge in [-0.1, -0.05) is 5.16 Å². The van der Waals surface area contributed by atoms with Crippen LogP contribution in [0.25, 0.3) is 11.5 Å². The van der Waals surface area contributed by atoms with Crippen LogP contribution in [0.5, 0.6) is 0 Å². The molecule has 1 unspecified atom stereocenters. The lowest BCUT2D eigenvalue weighted by molar-refractivity contribution is 0.0773. The predicted octanol–water partition coefficient (Wildman–Crippen LogP) is 1.79. The van der Waals surface area contributed by atoms with Gasteiger partial charge < -0.3 is 20.7 Å². The van der Waals surface area contributed by atoms with Gasteiger partial charge in [-0.25, -0.2) is 0 Å². The minimum Gasteiger partial charge on any atom is -0.399 e. The number of hydrogen-bond acceptors (Lipinski definition) is 6. The number of ether oxygens (including phenoxy) is 1. The fourth-order valence-electron chi connectivity index (χ4n) is 2.26. The van der Waals surface area contributed by atoms with Crippen molar-refractivity contribution < 1.29 is 9.26 Å². The minimum atomic E-state index is 0.213. The molecule has 1 atom stereocenters. The predicted molar refractivity (Wildman–Crippen MR) is 71.4 cm³/mol. The summed E-state index contributed by atoms with van der Waals surface area (Å²) in [5, 5.41) is 4.03. The van der Waals surface area contributed by atoms with Gasteiger partial charge in [0.1, 0.15) is 0 Å². The van der Waals surface area contributed by atoms with Gasteiger partial charge in [0.2, 0.25) is 0 Å². The quantitative estimate of drug-likeness (QED) is 0.798. The van der Waals surface area contributed by atoms with E-state index in [0.717, 1.165) is 25.0 Å². The highest BCUT2D eigenvalue weighted by Gasteiger charge is 2.22. The molecule has 0 amide bonds. The van der Waals surface area contributed by atoms with E-state index >= 15 is 0 Å². The third-order valence-corrected chi connectivity index (χ3v) is 3.19. The van der Waals surface area contributed by atoms with Crippen molar-refractivity contribution in [2.24, 2.45) is 0 Å². The van der Waals surface area contributed by atoms with Crippen LogP contribution in [0.4, 0.5) is 11.4 Å². The van der Waals surface area contributed by atoms with Crippen LogP contribution in [0.3, 0.4) is 0 Å². The van der Waals surface area contributed by atoms with Gasteiger partial charge in [0.05, 0.1) is 6.61 Å². The molecule has 6 nitrogen and oxygen atoms in total. The zero-order chi connectivity index (χ0) is 13.2. The lowest BCUT2D eigenvalue weighted by Gasteiger charge is -2.18. The second-order valence-corrected chi connectivity index (χ2v) is 4.76. The summed E-state index contributed by atoms with van der Waals surface area (Å²) in [6.07, 6.45) is 2.05. The summed E-state index contributed by atoms with van der Waals surface area (Å²) < 4.78 is 10.7. The molecule has 1 aliphatic heterocycles. The first-order valence-electron chi connectivity index (χ1n) is 6.30. The lowest BCUT2D eigenvalue weighted by atomic mass is 10.0. The Labute approximate surface area is 110 Å². The summed E-state index contributed by atoms with van der Waals surface area (Å²) in [5.41, 5.74) is 13.4. The number of nitrogens with zero attached hydrogens (tertiary/aromatic N) is 2. The first-order chi connectivity index (χ1) is 9.22. The molecular formula is C13H16N4O2. The first-order valence-corrected chi connectivity index (χ1v) is 6.30. The molecular weight excluding hydrogens is 244 g/mol. The van der Waals surface area contributed by atoms with Gasteiger partial charge in [0, 0.05) is 29.5 Å². The number of aromatic nitrogens is 2. The Kier molecular flexibility index (Phi) is 3.08. The topological polar surface area (TPSA) is 100 Å².